The van der Waals surface area contributed by atoms with E-state index in [1.807, 2.05) is 37.3 Å². The lowest BCUT2D eigenvalue weighted by Crippen LogP contribution is -2.42. The molecule has 1 aromatic carbocycles. The maximum atomic E-state index is 12.3. The van der Waals surface area contributed by atoms with Crippen molar-refractivity contribution in [3.8, 4) is 0 Å². The van der Waals surface area contributed by atoms with Crippen molar-refractivity contribution in [1.29, 1.82) is 0 Å². The van der Waals surface area contributed by atoms with Crippen LogP contribution in [0, 0.1) is 0 Å². The van der Waals surface area contributed by atoms with E-state index in [9.17, 15) is 4.79 Å². The van der Waals surface area contributed by atoms with Gasteiger partial charge in [0.1, 0.15) is 0 Å². The monoisotopic (exact) mass is 261 g/mol. The molecule has 2 atom stereocenters. The molecule has 1 aliphatic rings. The summed E-state index contributed by atoms with van der Waals surface area (Å²) in [4.78, 5) is 12.3. The lowest BCUT2D eigenvalue weighted by molar-refractivity contribution is -0.146. The topological polar surface area (TPSA) is 38.3 Å². The van der Waals surface area contributed by atoms with Crippen molar-refractivity contribution in [2.45, 2.75) is 44.6 Å². The summed E-state index contributed by atoms with van der Waals surface area (Å²) < 4.78 is 5.38. The number of rotatable bonds is 5. The van der Waals surface area contributed by atoms with Crippen LogP contribution in [0.15, 0.2) is 30.3 Å². The number of benzene rings is 1. The first-order valence-electron chi connectivity index (χ1n) is 7.28. The molecule has 0 bridgehead atoms. The van der Waals surface area contributed by atoms with Gasteiger partial charge in [0.2, 0.25) is 0 Å². The third-order valence-electron chi connectivity index (χ3n) is 3.61. The molecule has 0 aromatic heterocycles. The first-order valence-corrected chi connectivity index (χ1v) is 7.28. The van der Waals surface area contributed by atoms with E-state index in [-0.39, 0.29) is 17.9 Å². The summed E-state index contributed by atoms with van der Waals surface area (Å²) >= 11 is 0. The van der Waals surface area contributed by atoms with E-state index in [1.165, 1.54) is 12.8 Å². The van der Waals surface area contributed by atoms with Gasteiger partial charge in [0.05, 0.1) is 12.5 Å². The number of carbonyl (C=O) groups is 1. The molecule has 0 saturated carbocycles. The number of carbonyl (C=O) groups excluding carboxylic acids is 1. The maximum Gasteiger partial charge on any atom is 0.315 e. The molecule has 1 fully saturated rings. The highest BCUT2D eigenvalue weighted by molar-refractivity contribution is 5.79. The summed E-state index contributed by atoms with van der Waals surface area (Å²) in [5, 5.41) is 3.47. The van der Waals surface area contributed by atoms with Gasteiger partial charge in [-0.3, -0.25) is 4.79 Å². The molecule has 0 aliphatic carbocycles. The summed E-state index contributed by atoms with van der Waals surface area (Å²) in [6, 6.07) is 10.2. The Labute approximate surface area is 115 Å². The quantitative estimate of drug-likeness (QED) is 0.828. The predicted octanol–water partition coefficient (Wildman–Crippen LogP) is 2.87. The van der Waals surface area contributed by atoms with Gasteiger partial charge < -0.3 is 10.1 Å². The zero-order chi connectivity index (χ0) is 13.5. The molecule has 1 aliphatic heterocycles. The van der Waals surface area contributed by atoms with Gasteiger partial charge in [-0.1, -0.05) is 43.7 Å². The highest BCUT2D eigenvalue weighted by atomic mass is 16.5. The van der Waals surface area contributed by atoms with E-state index in [4.69, 9.17) is 4.74 Å². The van der Waals surface area contributed by atoms with Crippen LogP contribution in [0.25, 0.3) is 0 Å². The van der Waals surface area contributed by atoms with Crippen LogP contribution in [-0.2, 0) is 9.53 Å². The fourth-order valence-electron chi connectivity index (χ4n) is 2.65. The standard InChI is InChI=1S/C16H23NO2/c1-2-12-19-16(18)15(13-8-4-3-5-9-13)14-10-6-7-11-17-14/h3-5,8-9,14-15,17H,2,6-7,10-12H2,1H3/t14-,15+/m0/s1. The molecule has 1 saturated heterocycles. The number of esters is 1. The normalized spacial score (nSPS) is 20.8. The lowest BCUT2D eigenvalue weighted by atomic mass is 9.86. The van der Waals surface area contributed by atoms with Crippen molar-refractivity contribution in [3.63, 3.8) is 0 Å². The second-order valence-corrected chi connectivity index (χ2v) is 5.11. The minimum Gasteiger partial charge on any atom is -0.465 e. The summed E-state index contributed by atoms with van der Waals surface area (Å²) in [7, 11) is 0. The van der Waals surface area contributed by atoms with Gasteiger partial charge in [0, 0.05) is 6.04 Å². The minimum absolute atomic E-state index is 0.0903. The van der Waals surface area contributed by atoms with Crippen LogP contribution in [0.4, 0.5) is 0 Å². The Bertz CT molecular complexity index is 385. The third kappa shape index (κ3) is 3.80. The first-order chi connectivity index (χ1) is 9.33. The highest BCUT2D eigenvalue weighted by Gasteiger charge is 2.31. The van der Waals surface area contributed by atoms with Crippen LogP contribution < -0.4 is 5.32 Å². The molecule has 1 aromatic rings. The van der Waals surface area contributed by atoms with Crippen LogP contribution in [0.1, 0.15) is 44.1 Å². The van der Waals surface area contributed by atoms with Crippen molar-refractivity contribution in [3.05, 3.63) is 35.9 Å². The first kappa shape index (κ1) is 14.1. The zero-order valence-electron chi connectivity index (χ0n) is 11.6. The molecule has 3 heteroatoms. The van der Waals surface area contributed by atoms with E-state index >= 15 is 0 Å². The Morgan fingerprint density at radius 2 is 2.16 bits per heavy atom. The van der Waals surface area contributed by atoms with Crippen molar-refractivity contribution >= 4 is 5.97 Å². The number of hydrogen-bond acceptors (Lipinski definition) is 3. The number of nitrogens with one attached hydrogen (secondary N) is 1. The molecule has 0 radical (unpaired) electrons. The number of ether oxygens (including phenoxy) is 1. The van der Waals surface area contributed by atoms with Gasteiger partial charge in [-0.2, -0.15) is 0 Å². The summed E-state index contributed by atoms with van der Waals surface area (Å²) in [6.45, 7) is 3.52. The fraction of sp³-hybridized carbons (Fsp3) is 0.562. The molecule has 1 N–H and O–H groups in total. The second kappa shape index (κ2) is 7.29. The lowest BCUT2D eigenvalue weighted by Gasteiger charge is -2.30. The average Bonchev–Trinajstić information content (AvgIpc) is 2.47. The van der Waals surface area contributed by atoms with Crippen molar-refractivity contribution in [1.82, 2.24) is 5.32 Å². The van der Waals surface area contributed by atoms with Crippen LogP contribution >= 0.6 is 0 Å². The van der Waals surface area contributed by atoms with E-state index in [0.717, 1.165) is 24.9 Å². The molecule has 1 heterocycles. The molecule has 19 heavy (non-hydrogen) atoms. The largest absolute Gasteiger partial charge is 0.465 e. The molecule has 0 amide bonds. The van der Waals surface area contributed by atoms with E-state index in [0.29, 0.717) is 6.61 Å². The molecule has 0 spiro atoms. The molecule has 104 valence electrons. The molecular weight excluding hydrogens is 238 g/mol. The van der Waals surface area contributed by atoms with Crippen molar-refractivity contribution in [2.24, 2.45) is 0 Å². The van der Waals surface area contributed by atoms with Crippen LogP contribution in [0.2, 0.25) is 0 Å². The van der Waals surface area contributed by atoms with Gasteiger partial charge in [-0.15, -0.1) is 0 Å². The van der Waals surface area contributed by atoms with Crippen molar-refractivity contribution in [2.75, 3.05) is 13.2 Å². The summed E-state index contributed by atoms with van der Waals surface area (Å²) in [6.07, 6.45) is 4.29. The van der Waals surface area contributed by atoms with Gasteiger partial charge in [0.15, 0.2) is 0 Å². The Kier molecular flexibility index (Phi) is 5.40. The smallest absolute Gasteiger partial charge is 0.315 e. The molecular formula is C16H23NO2. The minimum atomic E-state index is -0.173. The van der Waals surface area contributed by atoms with Gasteiger partial charge in [-0.05, 0) is 31.4 Å². The third-order valence-corrected chi connectivity index (χ3v) is 3.61. The molecule has 0 unspecified atom stereocenters. The Balaban J connectivity index is 2.14. The molecule has 2 rings (SSSR count). The number of piperidine rings is 1. The van der Waals surface area contributed by atoms with E-state index in [2.05, 4.69) is 5.32 Å². The maximum absolute atomic E-state index is 12.3. The summed E-state index contributed by atoms with van der Waals surface area (Å²) in [5.41, 5.74) is 1.06. The van der Waals surface area contributed by atoms with Crippen LogP contribution in [0.3, 0.4) is 0 Å². The van der Waals surface area contributed by atoms with Gasteiger partial charge >= 0.3 is 5.97 Å². The SMILES string of the molecule is CCCOC(=O)[C@H](c1ccccc1)[C@@H]1CCCCN1. The second-order valence-electron chi connectivity index (χ2n) is 5.11. The summed E-state index contributed by atoms with van der Waals surface area (Å²) in [5.74, 6) is -0.263. The Morgan fingerprint density at radius 3 is 2.79 bits per heavy atom. The van der Waals surface area contributed by atoms with Gasteiger partial charge in [0.25, 0.3) is 0 Å². The van der Waals surface area contributed by atoms with Crippen molar-refractivity contribution < 1.29 is 9.53 Å². The predicted molar refractivity (Wildman–Crippen MR) is 76.1 cm³/mol. The zero-order valence-corrected chi connectivity index (χ0v) is 11.6. The number of hydrogen-bond donors (Lipinski definition) is 1. The fourth-order valence-corrected chi connectivity index (χ4v) is 2.65. The molecule has 3 nitrogen and oxygen atoms in total. The Hall–Kier alpha value is -1.35. The van der Waals surface area contributed by atoms with Crippen LogP contribution in [-0.4, -0.2) is 25.2 Å². The van der Waals surface area contributed by atoms with Gasteiger partial charge in [-0.25, -0.2) is 0 Å². The van der Waals surface area contributed by atoms with E-state index in [1.54, 1.807) is 0 Å². The van der Waals surface area contributed by atoms with E-state index < -0.39 is 0 Å². The van der Waals surface area contributed by atoms with Crippen LogP contribution in [0.5, 0.6) is 0 Å². The Morgan fingerprint density at radius 1 is 1.37 bits per heavy atom. The highest BCUT2D eigenvalue weighted by Crippen LogP contribution is 2.26. The average molecular weight is 261 g/mol.